The van der Waals surface area contributed by atoms with Crippen LogP contribution in [0.2, 0.25) is 5.02 Å². The van der Waals surface area contributed by atoms with E-state index in [-0.39, 0.29) is 16.6 Å². The van der Waals surface area contributed by atoms with Gasteiger partial charge >= 0.3 is 0 Å². The molecular weight excluding hydrogens is 504 g/mol. The van der Waals surface area contributed by atoms with E-state index in [0.717, 1.165) is 34.7 Å². The number of nitrogens with one attached hydrogen (secondary N) is 3. The number of para-hydroxylation sites is 1. The first-order valence-electron chi connectivity index (χ1n) is 12.8. The number of carbonyl (C=O) groups is 1. The molecule has 4 rings (SSSR count). The molecule has 1 fully saturated rings. The van der Waals surface area contributed by atoms with Gasteiger partial charge in [-0.25, -0.2) is 4.98 Å². The summed E-state index contributed by atoms with van der Waals surface area (Å²) in [6, 6.07) is 14.0. The second-order valence-electron chi connectivity index (χ2n) is 9.79. The van der Waals surface area contributed by atoms with Crippen molar-refractivity contribution in [1.82, 2.24) is 14.7 Å². The normalized spacial score (nSPS) is 18.5. The van der Waals surface area contributed by atoms with E-state index in [1.165, 1.54) is 32.6 Å². The quantitative estimate of drug-likeness (QED) is 0.281. The highest BCUT2D eigenvalue weighted by Crippen LogP contribution is 2.33. The van der Waals surface area contributed by atoms with E-state index in [1.807, 2.05) is 55.4 Å². The molecule has 1 amide bonds. The summed E-state index contributed by atoms with van der Waals surface area (Å²) in [5.41, 5.74) is 1.61. The van der Waals surface area contributed by atoms with E-state index in [1.54, 1.807) is 0 Å². The van der Waals surface area contributed by atoms with Gasteiger partial charge in [0.2, 0.25) is 11.9 Å². The number of hydrogen-bond donors (Lipinski definition) is 3. The Hall–Kier alpha value is -2.68. The van der Waals surface area contributed by atoms with E-state index >= 15 is 0 Å². The van der Waals surface area contributed by atoms with Crippen LogP contribution in [0.1, 0.15) is 39.5 Å². The summed E-state index contributed by atoms with van der Waals surface area (Å²) in [7, 11) is 3.85. The zero-order chi connectivity index (χ0) is 26.4. The molecule has 198 valence electrons. The number of benzene rings is 2. The van der Waals surface area contributed by atoms with Crippen LogP contribution in [0.3, 0.4) is 0 Å². The smallest absolute Gasteiger partial charge is 0.225 e. The van der Waals surface area contributed by atoms with E-state index in [4.69, 9.17) is 21.6 Å². The standard InChI is InChI=1S/C28H37ClN6OS/c1-5-37(22-14-15-26(24(29)16-22)32-19(2)36)31-18-21-12-10-20(11-13-21)17-30-28-33-25-9-7-6-8-23(25)27(34-28)35(3)4/h5-9,14-16,20-21,31H,10-13,17-18H2,1-4H3,(H,32,36)(H,30,33,34). The Morgan fingerprint density at radius 2 is 1.78 bits per heavy atom. The number of nitrogens with zero attached hydrogens (tertiary/aromatic N) is 3. The van der Waals surface area contributed by atoms with Gasteiger partial charge in [0.1, 0.15) is 5.82 Å². The molecule has 3 aromatic rings. The second-order valence-corrected chi connectivity index (χ2v) is 12.1. The molecule has 1 atom stereocenters. The topological polar surface area (TPSA) is 82.2 Å². The highest BCUT2D eigenvalue weighted by Gasteiger charge is 2.22. The molecule has 0 radical (unpaired) electrons. The van der Waals surface area contributed by atoms with Gasteiger partial charge in [-0.05, 0) is 80.1 Å². The summed E-state index contributed by atoms with van der Waals surface area (Å²) in [6.45, 7) is 5.44. The van der Waals surface area contributed by atoms with Gasteiger partial charge in [0.05, 0.1) is 16.2 Å². The number of carbonyl (C=O) groups excluding carboxylic acids is 1. The third kappa shape index (κ3) is 7.21. The lowest BCUT2D eigenvalue weighted by molar-refractivity contribution is -0.114. The number of halogens is 1. The van der Waals surface area contributed by atoms with E-state index in [0.29, 0.717) is 28.5 Å². The maximum atomic E-state index is 11.3. The lowest BCUT2D eigenvalue weighted by atomic mass is 9.82. The summed E-state index contributed by atoms with van der Waals surface area (Å²) in [5.74, 6) is 2.82. The molecule has 2 aromatic carbocycles. The van der Waals surface area contributed by atoms with Gasteiger partial charge < -0.3 is 15.5 Å². The monoisotopic (exact) mass is 540 g/mol. The Morgan fingerprint density at radius 1 is 1.08 bits per heavy atom. The molecule has 3 N–H and O–H groups in total. The zero-order valence-corrected chi connectivity index (χ0v) is 23.6. The fourth-order valence-electron chi connectivity index (χ4n) is 4.79. The van der Waals surface area contributed by atoms with Crippen molar-refractivity contribution in [2.45, 2.75) is 44.4 Å². The number of rotatable bonds is 9. The summed E-state index contributed by atoms with van der Waals surface area (Å²) in [4.78, 5) is 24.0. The third-order valence-electron chi connectivity index (χ3n) is 6.79. The summed E-state index contributed by atoms with van der Waals surface area (Å²) in [5, 5.41) is 10.1. The van der Waals surface area contributed by atoms with Crippen molar-refractivity contribution in [1.29, 1.82) is 0 Å². The van der Waals surface area contributed by atoms with Gasteiger partial charge in [-0.15, -0.1) is 0 Å². The fourth-order valence-corrected chi connectivity index (χ4v) is 6.56. The van der Waals surface area contributed by atoms with Crippen molar-refractivity contribution < 1.29 is 4.79 Å². The predicted octanol–water partition coefficient (Wildman–Crippen LogP) is 6.18. The van der Waals surface area contributed by atoms with Gasteiger partial charge in [0.15, 0.2) is 0 Å². The van der Waals surface area contributed by atoms with Gasteiger partial charge in [-0.2, -0.15) is 4.98 Å². The van der Waals surface area contributed by atoms with Crippen LogP contribution in [0.25, 0.3) is 10.9 Å². The molecule has 0 saturated heterocycles. The highest BCUT2D eigenvalue weighted by atomic mass is 35.5. The minimum Gasteiger partial charge on any atom is -0.362 e. The third-order valence-corrected chi connectivity index (χ3v) is 8.81. The molecule has 1 saturated carbocycles. The molecule has 1 unspecified atom stereocenters. The van der Waals surface area contributed by atoms with Crippen LogP contribution in [0.5, 0.6) is 0 Å². The Kier molecular flexibility index (Phi) is 9.40. The van der Waals surface area contributed by atoms with Crippen molar-refractivity contribution in [3.8, 4) is 0 Å². The average Bonchev–Trinajstić information content (AvgIpc) is 2.89. The Balaban J connectivity index is 1.27. The Morgan fingerprint density at radius 3 is 2.43 bits per heavy atom. The number of hydrogen-bond acceptors (Lipinski definition) is 6. The maximum Gasteiger partial charge on any atom is 0.225 e. The molecular formula is C28H37ClN6OS. The fraction of sp³-hybridized carbons (Fsp3) is 0.429. The molecule has 0 spiro atoms. The van der Waals surface area contributed by atoms with Crippen molar-refractivity contribution >= 4 is 61.9 Å². The molecule has 1 aliphatic carbocycles. The van der Waals surface area contributed by atoms with Crippen molar-refractivity contribution in [2.24, 2.45) is 11.8 Å². The van der Waals surface area contributed by atoms with E-state index in [2.05, 4.69) is 33.7 Å². The number of aromatic nitrogens is 2. The van der Waals surface area contributed by atoms with Crippen molar-refractivity contribution in [3.05, 3.63) is 47.5 Å². The number of anilines is 3. The van der Waals surface area contributed by atoms with Gasteiger partial charge in [-0.1, -0.05) is 34.4 Å². The lowest BCUT2D eigenvalue weighted by Crippen LogP contribution is -2.27. The Labute approximate surface area is 227 Å². The van der Waals surface area contributed by atoms with E-state index in [9.17, 15) is 4.79 Å². The molecule has 9 heteroatoms. The van der Waals surface area contributed by atoms with Gasteiger partial charge in [0, 0.05) is 44.4 Å². The van der Waals surface area contributed by atoms with Crippen LogP contribution in [-0.2, 0) is 4.79 Å². The zero-order valence-electron chi connectivity index (χ0n) is 22.1. The van der Waals surface area contributed by atoms with Crippen molar-refractivity contribution in [2.75, 3.05) is 42.7 Å². The predicted molar refractivity (Wildman–Crippen MR) is 159 cm³/mol. The van der Waals surface area contributed by atoms with Crippen LogP contribution in [0, 0.1) is 11.8 Å². The van der Waals surface area contributed by atoms with Gasteiger partial charge in [0.25, 0.3) is 0 Å². The molecule has 1 aliphatic rings. The second kappa shape index (κ2) is 12.7. The molecule has 1 heterocycles. The minimum atomic E-state index is -0.188. The number of amides is 1. The van der Waals surface area contributed by atoms with Crippen molar-refractivity contribution in [3.63, 3.8) is 0 Å². The minimum absolute atomic E-state index is 0.122. The van der Waals surface area contributed by atoms with Crippen LogP contribution >= 0.6 is 22.3 Å². The summed E-state index contributed by atoms with van der Waals surface area (Å²) >= 11 is 6.40. The SMILES string of the molecule is C/C=S(/NCC1CCC(CNc2nc(N(C)C)c3ccccc3n2)CC1)c1ccc(NC(C)=O)c(Cl)c1. The first-order chi connectivity index (χ1) is 17.8. The Bertz CT molecular complexity index is 1270. The molecule has 0 aliphatic heterocycles. The number of fused-ring (bicyclic) bond motifs is 1. The average molecular weight is 541 g/mol. The first kappa shape index (κ1) is 27.4. The molecule has 0 bridgehead atoms. The molecule has 7 nitrogen and oxygen atoms in total. The largest absolute Gasteiger partial charge is 0.362 e. The first-order valence-corrected chi connectivity index (χ1v) is 14.5. The van der Waals surface area contributed by atoms with Crippen LogP contribution in [0.4, 0.5) is 17.5 Å². The molecule has 1 aromatic heterocycles. The highest BCUT2D eigenvalue weighted by molar-refractivity contribution is 8.13. The lowest BCUT2D eigenvalue weighted by Gasteiger charge is -2.29. The van der Waals surface area contributed by atoms with Gasteiger partial charge in [-0.3, -0.25) is 9.52 Å². The van der Waals surface area contributed by atoms with Crippen LogP contribution in [0.15, 0.2) is 47.4 Å². The molecule has 37 heavy (non-hydrogen) atoms. The van der Waals surface area contributed by atoms with E-state index < -0.39 is 0 Å². The van der Waals surface area contributed by atoms with Crippen LogP contribution < -0.4 is 20.3 Å². The summed E-state index contributed by atoms with van der Waals surface area (Å²) < 4.78 is 3.74. The summed E-state index contributed by atoms with van der Waals surface area (Å²) in [6.07, 6.45) is 4.83. The maximum absolute atomic E-state index is 11.3. The van der Waals surface area contributed by atoms with Crippen LogP contribution in [-0.4, -0.2) is 48.4 Å².